The number of aryl methyl sites for hydroxylation is 1. The van der Waals surface area contributed by atoms with Gasteiger partial charge in [0.2, 0.25) is 0 Å². The first-order valence-electron chi connectivity index (χ1n) is 5.73. The van der Waals surface area contributed by atoms with E-state index >= 15 is 0 Å². The van der Waals surface area contributed by atoms with E-state index in [2.05, 4.69) is 36.5 Å². The monoisotopic (exact) mass is 340 g/mol. The molecule has 0 bridgehead atoms. The summed E-state index contributed by atoms with van der Waals surface area (Å²) in [4.78, 5) is 20.0. The van der Waals surface area contributed by atoms with Gasteiger partial charge in [-0.2, -0.15) is 0 Å². The summed E-state index contributed by atoms with van der Waals surface area (Å²) in [6, 6.07) is 1.54. The SMILES string of the molecule is CCNC(=O)Nc1cc(-c2nc(C)cs2)c(Br)cn1. The van der Waals surface area contributed by atoms with Gasteiger partial charge in [0.25, 0.3) is 0 Å². The van der Waals surface area contributed by atoms with Gasteiger partial charge in [-0.25, -0.2) is 14.8 Å². The Labute approximate surface area is 123 Å². The third-order valence-corrected chi connectivity index (χ3v) is 3.91. The van der Waals surface area contributed by atoms with Crippen molar-refractivity contribution in [2.75, 3.05) is 11.9 Å². The second-order valence-corrected chi connectivity index (χ2v) is 5.54. The van der Waals surface area contributed by atoms with Crippen molar-refractivity contribution in [2.24, 2.45) is 0 Å². The third kappa shape index (κ3) is 3.51. The van der Waals surface area contributed by atoms with E-state index in [1.807, 2.05) is 19.2 Å². The van der Waals surface area contributed by atoms with Crippen LogP contribution in [-0.4, -0.2) is 22.5 Å². The van der Waals surface area contributed by atoms with Crippen molar-refractivity contribution in [2.45, 2.75) is 13.8 Å². The van der Waals surface area contributed by atoms with E-state index in [-0.39, 0.29) is 6.03 Å². The summed E-state index contributed by atoms with van der Waals surface area (Å²) in [5.41, 5.74) is 1.89. The molecule has 2 amide bonds. The van der Waals surface area contributed by atoms with E-state index in [1.54, 1.807) is 23.6 Å². The van der Waals surface area contributed by atoms with Gasteiger partial charge in [-0.15, -0.1) is 11.3 Å². The molecule has 0 aromatic carbocycles. The minimum absolute atomic E-state index is 0.265. The molecule has 19 heavy (non-hydrogen) atoms. The maximum Gasteiger partial charge on any atom is 0.320 e. The molecule has 7 heteroatoms. The summed E-state index contributed by atoms with van der Waals surface area (Å²) in [5.74, 6) is 0.497. The fraction of sp³-hybridized carbons (Fsp3) is 0.250. The summed E-state index contributed by atoms with van der Waals surface area (Å²) >= 11 is 5.01. The van der Waals surface area contributed by atoms with Crippen LogP contribution in [0.25, 0.3) is 10.6 Å². The molecule has 0 unspecified atom stereocenters. The molecule has 5 nitrogen and oxygen atoms in total. The van der Waals surface area contributed by atoms with Crippen LogP contribution < -0.4 is 10.6 Å². The van der Waals surface area contributed by atoms with E-state index in [1.165, 1.54) is 0 Å². The van der Waals surface area contributed by atoms with Gasteiger partial charge in [-0.05, 0) is 35.8 Å². The minimum Gasteiger partial charge on any atom is -0.338 e. The van der Waals surface area contributed by atoms with Crippen molar-refractivity contribution in [3.63, 3.8) is 0 Å². The molecule has 0 spiro atoms. The number of pyridine rings is 1. The Morgan fingerprint density at radius 1 is 1.53 bits per heavy atom. The molecule has 0 saturated heterocycles. The third-order valence-electron chi connectivity index (χ3n) is 2.28. The van der Waals surface area contributed by atoms with Crippen LogP contribution in [0.3, 0.4) is 0 Å². The van der Waals surface area contributed by atoms with Crippen LogP contribution in [0.5, 0.6) is 0 Å². The lowest BCUT2D eigenvalue weighted by atomic mass is 10.2. The first kappa shape index (κ1) is 14.0. The molecule has 100 valence electrons. The zero-order valence-corrected chi connectivity index (χ0v) is 12.9. The molecular weight excluding hydrogens is 328 g/mol. The zero-order chi connectivity index (χ0) is 13.8. The number of thiazole rings is 1. The van der Waals surface area contributed by atoms with Gasteiger partial charge in [0, 0.05) is 33.9 Å². The number of nitrogens with one attached hydrogen (secondary N) is 2. The predicted octanol–water partition coefficient (Wildman–Crippen LogP) is 3.42. The molecule has 2 heterocycles. The van der Waals surface area contributed by atoms with Crippen molar-refractivity contribution >= 4 is 39.1 Å². The summed E-state index contributed by atoms with van der Waals surface area (Å²) in [6.45, 7) is 4.38. The molecule has 0 aliphatic heterocycles. The first-order chi connectivity index (χ1) is 9.10. The second kappa shape index (κ2) is 6.12. The standard InChI is InChI=1S/C12H13BrN4OS/c1-3-14-12(18)17-10-4-8(9(13)5-15-10)11-16-7(2)6-19-11/h4-6H,3H2,1-2H3,(H2,14,15,17,18). The van der Waals surface area contributed by atoms with Crippen LogP contribution in [0.2, 0.25) is 0 Å². The molecule has 0 aliphatic rings. The minimum atomic E-state index is -0.265. The van der Waals surface area contributed by atoms with Gasteiger partial charge in [0.15, 0.2) is 0 Å². The predicted molar refractivity (Wildman–Crippen MR) is 80.5 cm³/mol. The van der Waals surface area contributed by atoms with Gasteiger partial charge < -0.3 is 5.32 Å². The number of carbonyl (C=O) groups excluding carboxylic acids is 1. The molecule has 0 fully saturated rings. The number of rotatable bonds is 3. The van der Waals surface area contributed by atoms with E-state index in [0.29, 0.717) is 12.4 Å². The number of anilines is 1. The number of halogens is 1. The maximum absolute atomic E-state index is 11.5. The highest BCUT2D eigenvalue weighted by atomic mass is 79.9. The Bertz CT molecular complexity index is 599. The Kier molecular flexibility index (Phi) is 4.49. The molecule has 2 N–H and O–H groups in total. The molecule has 0 saturated carbocycles. The highest BCUT2D eigenvalue weighted by Gasteiger charge is 2.10. The molecule has 0 aliphatic carbocycles. The number of hydrogen-bond acceptors (Lipinski definition) is 4. The van der Waals surface area contributed by atoms with Crippen LogP contribution in [0, 0.1) is 6.92 Å². The summed E-state index contributed by atoms with van der Waals surface area (Å²) in [5, 5.41) is 8.22. The van der Waals surface area contributed by atoms with E-state index in [0.717, 1.165) is 20.7 Å². The highest BCUT2D eigenvalue weighted by Crippen LogP contribution is 2.31. The lowest BCUT2D eigenvalue weighted by Gasteiger charge is -2.07. The smallest absolute Gasteiger partial charge is 0.320 e. The second-order valence-electron chi connectivity index (χ2n) is 3.83. The average molecular weight is 341 g/mol. The Balaban J connectivity index is 2.27. The number of hydrogen-bond donors (Lipinski definition) is 2. The Morgan fingerprint density at radius 2 is 2.32 bits per heavy atom. The van der Waals surface area contributed by atoms with E-state index < -0.39 is 0 Å². The van der Waals surface area contributed by atoms with Gasteiger partial charge >= 0.3 is 6.03 Å². The zero-order valence-electron chi connectivity index (χ0n) is 10.5. The Hall–Kier alpha value is -1.47. The lowest BCUT2D eigenvalue weighted by Crippen LogP contribution is -2.28. The van der Waals surface area contributed by atoms with Crippen LogP contribution in [0.4, 0.5) is 10.6 Å². The van der Waals surface area contributed by atoms with E-state index in [9.17, 15) is 4.79 Å². The van der Waals surface area contributed by atoms with Crippen LogP contribution >= 0.6 is 27.3 Å². The summed E-state index contributed by atoms with van der Waals surface area (Å²) in [6.07, 6.45) is 1.66. The quantitative estimate of drug-likeness (QED) is 0.899. The maximum atomic E-state index is 11.5. The van der Waals surface area contributed by atoms with Crippen LogP contribution in [-0.2, 0) is 0 Å². The number of aromatic nitrogens is 2. The van der Waals surface area contributed by atoms with Crippen LogP contribution in [0.1, 0.15) is 12.6 Å². The highest BCUT2D eigenvalue weighted by molar-refractivity contribution is 9.10. The average Bonchev–Trinajstić information content (AvgIpc) is 2.78. The summed E-state index contributed by atoms with van der Waals surface area (Å²) in [7, 11) is 0. The normalized spacial score (nSPS) is 10.3. The van der Waals surface area contributed by atoms with Gasteiger partial charge in [-0.1, -0.05) is 0 Å². The number of carbonyl (C=O) groups is 1. The number of amides is 2. The van der Waals surface area contributed by atoms with Crippen molar-refractivity contribution in [3.8, 4) is 10.6 Å². The fourth-order valence-corrected chi connectivity index (χ4v) is 2.83. The van der Waals surface area contributed by atoms with Gasteiger partial charge in [0.1, 0.15) is 10.8 Å². The van der Waals surface area contributed by atoms with Crippen LogP contribution in [0.15, 0.2) is 22.1 Å². The molecule has 0 atom stereocenters. The van der Waals surface area contributed by atoms with Crippen molar-refractivity contribution in [1.29, 1.82) is 0 Å². The first-order valence-corrected chi connectivity index (χ1v) is 7.40. The van der Waals surface area contributed by atoms with Gasteiger partial charge in [-0.3, -0.25) is 5.32 Å². The number of urea groups is 1. The van der Waals surface area contributed by atoms with Crippen molar-refractivity contribution in [1.82, 2.24) is 15.3 Å². The van der Waals surface area contributed by atoms with Crippen molar-refractivity contribution in [3.05, 3.63) is 27.8 Å². The molecule has 2 rings (SSSR count). The fourth-order valence-electron chi connectivity index (χ4n) is 1.47. The molecular formula is C12H13BrN4OS. The lowest BCUT2D eigenvalue weighted by molar-refractivity contribution is 0.252. The van der Waals surface area contributed by atoms with Gasteiger partial charge in [0.05, 0.1) is 0 Å². The topological polar surface area (TPSA) is 66.9 Å². The largest absolute Gasteiger partial charge is 0.338 e. The Morgan fingerprint density at radius 3 is 2.95 bits per heavy atom. The summed E-state index contributed by atoms with van der Waals surface area (Å²) < 4.78 is 0.850. The number of nitrogens with zero attached hydrogens (tertiary/aromatic N) is 2. The molecule has 0 radical (unpaired) electrons. The molecule has 2 aromatic heterocycles. The molecule has 2 aromatic rings. The van der Waals surface area contributed by atoms with E-state index in [4.69, 9.17) is 0 Å². The van der Waals surface area contributed by atoms with Crippen molar-refractivity contribution < 1.29 is 4.79 Å².